The van der Waals surface area contributed by atoms with Crippen LogP contribution in [0.5, 0.6) is 0 Å². The Hall–Kier alpha value is -3.43. The number of esters is 2. The summed E-state index contributed by atoms with van der Waals surface area (Å²) in [6, 6.07) is 3.78. The van der Waals surface area contributed by atoms with Crippen LogP contribution in [-0.2, 0) is 53.1 Å². The topological polar surface area (TPSA) is 150 Å². The van der Waals surface area contributed by atoms with Crippen LogP contribution in [0, 0.1) is 5.82 Å². The highest BCUT2D eigenvalue weighted by Gasteiger charge is 2.28. The van der Waals surface area contributed by atoms with Crippen LogP contribution >= 0.6 is 22.7 Å². The number of aromatic nitrogens is 1. The van der Waals surface area contributed by atoms with Gasteiger partial charge in [-0.1, -0.05) is 17.8 Å². The summed E-state index contributed by atoms with van der Waals surface area (Å²) in [4.78, 5) is 54.8. The van der Waals surface area contributed by atoms with Crippen LogP contribution in [0.25, 0.3) is 10.2 Å². The molecule has 0 saturated heterocycles. The van der Waals surface area contributed by atoms with E-state index >= 15 is 0 Å². The molecule has 0 aliphatic heterocycles. The lowest BCUT2D eigenvalue weighted by molar-refractivity contribution is -0.141. The van der Waals surface area contributed by atoms with E-state index in [4.69, 9.17) is 4.74 Å². The van der Waals surface area contributed by atoms with Gasteiger partial charge in [0.1, 0.15) is 28.9 Å². The molecule has 2 heterocycles. The van der Waals surface area contributed by atoms with Gasteiger partial charge in [-0.3, -0.25) is 14.4 Å². The van der Waals surface area contributed by atoms with E-state index in [1.54, 1.807) is 6.92 Å². The van der Waals surface area contributed by atoms with Crippen molar-refractivity contribution in [1.82, 2.24) is 4.57 Å². The molecule has 4 rings (SSSR count). The first-order valence-corrected chi connectivity index (χ1v) is 16.2. The lowest BCUT2D eigenvalue weighted by Crippen LogP contribution is -2.29. The summed E-state index contributed by atoms with van der Waals surface area (Å²) >= 11 is 2.13. The number of amides is 2. The molecule has 0 saturated carbocycles. The number of methoxy groups -OCH3 is 1. The molecule has 0 bridgehead atoms. The predicted octanol–water partition coefficient (Wildman–Crippen LogP) is 3.00. The fourth-order valence-corrected chi connectivity index (χ4v) is 7.85. The number of nitrogens with one attached hydrogen (secondary N) is 1. The number of sulfone groups is 1. The molecule has 0 atom stereocenters. The average Bonchev–Trinajstić information content (AvgIpc) is 3.29. The van der Waals surface area contributed by atoms with Gasteiger partial charge in [0.25, 0.3) is 5.91 Å². The molecule has 3 aromatic rings. The number of nitrogens with zero attached hydrogens (tertiary/aromatic N) is 2. The molecular formula is C26H28FN3O8S3. The maximum Gasteiger partial charge on any atom is 0.341 e. The Bertz CT molecular complexity index is 1690. The van der Waals surface area contributed by atoms with Crippen LogP contribution in [0.1, 0.15) is 47.0 Å². The minimum absolute atomic E-state index is 0.0279. The van der Waals surface area contributed by atoms with Gasteiger partial charge in [0, 0.05) is 4.88 Å². The van der Waals surface area contributed by atoms with Gasteiger partial charge in [0.05, 0.1) is 29.5 Å². The Labute approximate surface area is 242 Å². The number of rotatable bonds is 9. The highest BCUT2D eigenvalue weighted by Crippen LogP contribution is 2.38. The SMILES string of the molecule is CCOC(=O)c1c(NC(=O)CS(=O)(=O)CC(=O)N=c2sc3cc(F)ccc3n2CC(=O)OC)sc2c1CCCCC2. The standard InChI is InChI=1S/C26H28FN3O8S3/c1-3-38-25(34)23-16-7-5-4-6-8-18(16)39-24(23)28-20(31)13-41(35,36)14-21(32)29-26-30(12-22(33)37-2)17-10-9-15(27)11-19(17)40-26/h9-11H,3-8,12-14H2,1-2H3,(H,28,31). The summed E-state index contributed by atoms with van der Waals surface area (Å²) in [6.45, 7) is 1.48. The molecule has 0 fully saturated rings. The minimum Gasteiger partial charge on any atom is -0.468 e. The quantitative estimate of drug-likeness (QED) is 0.282. The first-order valence-electron chi connectivity index (χ1n) is 12.8. The number of ether oxygens (including phenoxy) is 2. The zero-order chi connectivity index (χ0) is 29.7. The number of benzene rings is 1. The number of fused-ring (bicyclic) bond motifs is 2. The summed E-state index contributed by atoms with van der Waals surface area (Å²) in [5.41, 5.74) is 1.48. The Morgan fingerprint density at radius 1 is 1.10 bits per heavy atom. The molecule has 220 valence electrons. The molecule has 11 nitrogen and oxygen atoms in total. The van der Waals surface area contributed by atoms with Crippen LogP contribution in [0.15, 0.2) is 23.2 Å². The van der Waals surface area contributed by atoms with Crippen LogP contribution in [0.3, 0.4) is 0 Å². The smallest absolute Gasteiger partial charge is 0.341 e. The summed E-state index contributed by atoms with van der Waals surface area (Å²) in [5.74, 6) is -5.84. The summed E-state index contributed by atoms with van der Waals surface area (Å²) in [6.07, 6.45) is 4.25. The van der Waals surface area contributed by atoms with E-state index in [0.717, 1.165) is 47.5 Å². The van der Waals surface area contributed by atoms with E-state index < -0.39 is 50.9 Å². The summed E-state index contributed by atoms with van der Waals surface area (Å²) in [5, 5.41) is 2.76. The predicted molar refractivity (Wildman–Crippen MR) is 151 cm³/mol. The molecular weight excluding hydrogens is 597 g/mol. The number of carbonyl (C=O) groups excluding carboxylic acids is 4. The van der Waals surface area contributed by atoms with E-state index in [1.807, 2.05) is 0 Å². The van der Waals surface area contributed by atoms with Crippen LogP contribution in [0.4, 0.5) is 9.39 Å². The molecule has 2 amide bonds. The van der Waals surface area contributed by atoms with Crippen molar-refractivity contribution >= 4 is 71.5 Å². The fraction of sp³-hybridized carbons (Fsp3) is 0.423. The fourth-order valence-electron chi connectivity index (χ4n) is 4.47. The van der Waals surface area contributed by atoms with E-state index in [9.17, 15) is 32.0 Å². The van der Waals surface area contributed by atoms with Crippen molar-refractivity contribution in [2.75, 3.05) is 30.5 Å². The maximum absolute atomic E-state index is 13.7. The molecule has 2 aromatic heterocycles. The van der Waals surface area contributed by atoms with Crippen molar-refractivity contribution in [3.05, 3.63) is 44.8 Å². The van der Waals surface area contributed by atoms with Crippen LogP contribution in [-0.4, -0.2) is 62.0 Å². The van der Waals surface area contributed by atoms with Crippen LogP contribution in [0.2, 0.25) is 0 Å². The third-order valence-corrected chi connectivity index (χ3v) is 9.87. The second-order valence-corrected chi connectivity index (χ2v) is 13.4. The van der Waals surface area contributed by atoms with Gasteiger partial charge >= 0.3 is 11.9 Å². The van der Waals surface area contributed by atoms with Gasteiger partial charge in [-0.2, -0.15) is 4.99 Å². The highest BCUT2D eigenvalue weighted by atomic mass is 32.2. The zero-order valence-corrected chi connectivity index (χ0v) is 24.8. The van der Waals surface area contributed by atoms with Gasteiger partial charge in [-0.05, 0) is 56.4 Å². The van der Waals surface area contributed by atoms with Crippen molar-refractivity contribution in [2.45, 2.75) is 45.6 Å². The highest BCUT2D eigenvalue weighted by molar-refractivity contribution is 7.92. The first kappa shape index (κ1) is 30.5. The largest absolute Gasteiger partial charge is 0.468 e. The van der Waals surface area contributed by atoms with Crippen molar-refractivity contribution in [3.8, 4) is 0 Å². The summed E-state index contributed by atoms with van der Waals surface area (Å²) < 4.78 is 50.8. The number of carbonyl (C=O) groups is 4. The first-order chi connectivity index (χ1) is 19.5. The number of thiophene rings is 1. The Morgan fingerprint density at radius 3 is 2.59 bits per heavy atom. The second kappa shape index (κ2) is 13.0. The van der Waals surface area contributed by atoms with E-state index in [-0.39, 0.29) is 28.5 Å². The molecule has 15 heteroatoms. The minimum atomic E-state index is -4.27. The maximum atomic E-state index is 13.7. The number of halogens is 1. The third kappa shape index (κ3) is 7.45. The van der Waals surface area contributed by atoms with E-state index in [1.165, 1.54) is 41.2 Å². The monoisotopic (exact) mass is 625 g/mol. The molecule has 0 unspecified atom stereocenters. The lowest BCUT2D eigenvalue weighted by Gasteiger charge is -2.08. The third-order valence-electron chi connectivity index (χ3n) is 6.23. The van der Waals surface area contributed by atoms with Gasteiger partial charge in [-0.25, -0.2) is 17.6 Å². The Kier molecular flexibility index (Phi) is 9.71. The van der Waals surface area contributed by atoms with Gasteiger partial charge in [-0.15, -0.1) is 11.3 Å². The normalized spacial score (nSPS) is 13.9. The zero-order valence-electron chi connectivity index (χ0n) is 22.4. The van der Waals surface area contributed by atoms with Gasteiger partial charge in [0.2, 0.25) is 5.91 Å². The van der Waals surface area contributed by atoms with Gasteiger partial charge in [0.15, 0.2) is 14.6 Å². The van der Waals surface area contributed by atoms with E-state index in [0.29, 0.717) is 16.6 Å². The molecule has 1 aliphatic rings. The Balaban J connectivity index is 1.53. The number of thiazole rings is 1. The molecule has 41 heavy (non-hydrogen) atoms. The molecule has 1 aromatic carbocycles. The molecule has 1 N–H and O–H groups in total. The van der Waals surface area contributed by atoms with E-state index in [2.05, 4.69) is 15.0 Å². The average molecular weight is 626 g/mol. The van der Waals surface area contributed by atoms with Crippen molar-refractivity contribution in [2.24, 2.45) is 4.99 Å². The molecule has 1 aliphatic carbocycles. The van der Waals surface area contributed by atoms with Crippen molar-refractivity contribution < 1.29 is 41.5 Å². The molecule has 0 spiro atoms. The number of hydrogen-bond acceptors (Lipinski definition) is 10. The second-order valence-electron chi connectivity index (χ2n) is 9.23. The summed E-state index contributed by atoms with van der Waals surface area (Å²) in [7, 11) is -3.09. The number of anilines is 1. The Morgan fingerprint density at radius 2 is 1.85 bits per heavy atom. The van der Waals surface area contributed by atoms with Crippen molar-refractivity contribution in [3.63, 3.8) is 0 Å². The van der Waals surface area contributed by atoms with Gasteiger partial charge < -0.3 is 19.4 Å². The van der Waals surface area contributed by atoms with Crippen LogP contribution < -0.4 is 10.1 Å². The number of hydrogen-bond donors (Lipinski definition) is 1. The van der Waals surface area contributed by atoms with Crippen molar-refractivity contribution in [1.29, 1.82) is 0 Å². The number of aryl methyl sites for hydroxylation is 1. The molecule has 0 radical (unpaired) electrons. The lowest BCUT2D eigenvalue weighted by atomic mass is 10.1.